The zero-order valence-corrected chi connectivity index (χ0v) is 22.9. The Labute approximate surface area is 236 Å². The molecule has 0 fully saturated rings. The van der Waals surface area contributed by atoms with Crippen LogP contribution in [0.15, 0.2) is 73.9 Å². The molecule has 0 radical (unpaired) electrons. The van der Waals surface area contributed by atoms with Crippen LogP contribution >= 0.6 is 0 Å². The van der Waals surface area contributed by atoms with Crippen molar-refractivity contribution in [1.29, 1.82) is 0 Å². The third kappa shape index (κ3) is 5.88. The van der Waals surface area contributed by atoms with Crippen molar-refractivity contribution in [2.45, 2.75) is 45.5 Å². The molecule has 3 aromatic heterocycles. The average molecular weight is 561 g/mol. The molecule has 0 bridgehead atoms. The smallest absolute Gasteiger partial charge is 0.284 e. The van der Waals surface area contributed by atoms with Crippen LogP contribution in [0.2, 0.25) is 0 Å². The molecule has 0 saturated heterocycles. The lowest BCUT2D eigenvalue weighted by molar-refractivity contribution is 0.173. The van der Waals surface area contributed by atoms with Crippen LogP contribution < -0.4 is 4.74 Å². The van der Waals surface area contributed by atoms with Crippen LogP contribution in [0, 0.1) is 13.8 Å². The molecule has 214 valence electrons. The van der Waals surface area contributed by atoms with Gasteiger partial charge in [-0.2, -0.15) is 0 Å². The fraction of sp³-hybridized carbons (Fsp3) is 0.250. The van der Waals surface area contributed by atoms with E-state index in [1.165, 1.54) is 7.11 Å². The molecule has 9 heteroatoms. The monoisotopic (exact) mass is 560 g/mol. The van der Waals surface area contributed by atoms with Crippen LogP contribution in [-0.4, -0.2) is 32.6 Å². The van der Waals surface area contributed by atoms with E-state index in [0.29, 0.717) is 46.3 Å². The number of methoxy groups -OCH3 is 1. The molecule has 2 atom stereocenters. The summed E-state index contributed by atoms with van der Waals surface area (Å²) in [6, 6.07) is 16.9. The SMILES string of the molecule is COc1ccc(Cc2cc(C)cc(C(O)c3ccc(Cc4cc(C)cc(C(O)c5ccc(CO)o5)c4O)o3)c2O)o1. The van der Waals surface area contributed by atoms with Gasteiger partial charge >= 0.3 is 0 Å². The third-order valence-electron chi connectivity index (χ3n) is 6.94. The number of furan rings is 3. The topological polar surface area (TPSA) is 150 Å². The van der Waals surface area contributed by atoms with E-state index in [9.17, 15) is 25.5 Å². The molecule has 2 unspecified atom stereocenters. The van der Waals surface area contributed by atoms with E-state index in [-0.39, 0.29) is 41.6 Å². The Bertz CT molecular complexity index is 1660. The Morgan fingerprint density at radius 3 is 1.59 bits per heavy atom. The fourth-order valence-electron chi connectivity index (χ4n) is 4.96. The molecule has 0 saturated carbocycles. The summed E-state index contributed by atoms with van der Waals surface area (Å²) in [5.41, 5.74) is 3.30. The van der Waals surface area contributed by atoms with E-state index in [1.807, 2.05) is 19.9 Å². The van der Waals surface area contributed by atoms with Gasteiger partial charge in [0, 0.05) is 41.2 Å². The van der Waals surface area contributed by atoms with Crippen molar-refractivity contribution in [3.8, 4) is 17.4 Å². The first-order valence-electron chi connectivity index (χ1n) is 13.1. The minimum atomic E-state index is -1.24. The number of rotatable bonds is 10. The zero-order chi connectivity index (χ0) is 29.3. The molecule has 3 heterocycles. The van der Waals surface area contributed by atoms with Crippen molar-refractivity contribution in [2.75, 3.05) is 7.11 Å². The first-order valence-corrected chi connectivity index (χ1v) is 13.1. The molecule has 0 amide bonds. The van der Waals surface area contributed by atoms with E-state index in [0.717, 1.165) is 11.1 Å². The summed E-state index contributed by atoms with van der Waals surface area (Å²) < 4.78 is 22.1. The second-order valence-corrected chi connectivity index (χ2v) is 10.1. The Hall–Kier alpha value is -4.44. The summed E-state index contributed by atoms with van der Waals surface area (Å²) >= 11 is 0. The van der Waals surface area contributed by atoms with Crippen molar-refractivity contribution < 1.29 is 43.5 Å². The van der Waals surface area contributed by atoms with Gasteiger partial charge in [0.15, 0.2) is 0 Å². The highest BCUT2D eigenvalue weighted by molar-refractivity contribution is 5.49. The van der Waals surface area contributed by atoms with Gasteiger partial charge in [-0.25, -0.2) is 0 Å². The van der Waals surface area contributed by atoms with Gasteiger partial charge in [0.05, 0.1) is 7.11 Å². The summed E-state index contributed by atoms with van der Waals surface area (Å²) in [4.78, 5) is 0. The number of aryl methyl sites for hydroxylation is 2. The predicted molar refractivity (Wildman–Crippen MR) is 148 cm³/mol. The van der Waals surface area contributed by atoms with E-state index in [1.54, 1.807) is 54.6 Å². The Morgan fingerprint density at radius 1 is 0.659 bits per heavy atom. The molecular weight excluding hydrogens is 528 g/mol. The second kappa shape index (κ2) is 11.6. The molecule has 2 aromatic carbocycles. The number of ether oxygens (including phenoxy) is 1. The number of phenolic OH excluding ortho intramolecular Hbond substituents is 2. The molecule has 41 heavy (non-hydrogen) atoms. The van der Waals surface area contributed by atoms with Crippen molar-refractivity contribution >= 4 is 0 Å². The first-order chi connectivity index (χ1) is 19.7. The number of aliphatic hydroxyl groups excluding tert-OH is 3. The number of benzene rings is 2. The van der Waals surface area contributed by atoms with Gasteiger partial charge in [0.1, 0.15) is 59.1 Å². The van der Waals surface area contributed by atoms with Crippen LogP contribution in [0.1, 0.15) is 74.4 Å². The highest BCUT2D eigenvalue weighted by Gasteiger charge is 2.24. The number of aromatic hydroxyl groups is 2. The molecule has 5 aromatic rings. The minimum Gasteiger partial charge on any atom is -0.507 e. The lowest BCUT2D eigenvalue weighted by Gasteiger charge is -2.16. The van der Waals surface area contributed by atoms with Gasteiger partial charge in [0.2, 0.25) is 0 Å². The Morgan fingerprint density at radius 2 is 1.12 bits per heavy atom. The molecule has 9 nitrogen and oxygen atoms in total. The molecule has 0 aliphatic rings. The largest absolute Gasteiger partial charge is 0.507 e. The molecule has 5 N–H and O–H groups in total. The maximum atomic E-state index is 11.2. The van der Waals surface area contributed by atoms with Crippen molar-refractivity contribution in [3.63, 3.8) is 0 Å². The highest BCUT2D eigenvalue weighted by Crippen LogP contribution is 2.38. The normalized spacial score (nSPS) is 12.9. The molecule has 5 rings (SSSR count). The van der Waals surface area contributed by atoms with Crippen molar-refractivity contribution in [3.05, 3.63) is 123 Å². The Balaban J connectivity index is 1.38. The summed E-state index contributed by atoms with van der Waals surface area (Å²) in [6.45, 7) is 3.41. The quantitative estimate of drug-likeness (QED) is 0.153. The van der Waals surface area contributed by atoms with Gasteiger partial charge in [-0.05, 0) is 56.3 Å². The van der Waals surface area contributed by atoms with Crippen LogP contribution in [0.25, 0.3) is 0 Å². The Kier molecular flexibility index (Phi) is 7.94. The maximum absolute atomic E-state index is 11.2. The molecule has 0 aliphatic heterocycles. The van der Waals surface area contributed by atoms with Gasteiger partial charge in [-0.3, -0.25) is 0 Å². The maximum Gasteiger partial charge on any atom is 0.284 e. The van der Waals surface area contributed by atoms with Crippen LogP contribution in [0.5, 0.6) is 17.4 Å². The standard InChI is InChI=1S/C32H32O9/c1-17-10-19(29(34)25(13-17)32(37)27-8-5-23(16-33)40-27)14-21-4-7-26(39-21)31(36)24-12-18(2)11-20(30(24)35)15-22-6-9-28(38-3)41-22/h4-13,31-37H,14-16H2,1-3H3. The molecule has 0 spiro atoms. The number of hydrogen-bond acceptors (Lipinski definition) is 9. The van der Waals surface area contributed by atoms with E-state index in [4.69, 9.17) is 18.0 Å². The zero-order valence-electron chi connectivity index (χ0n) is 22.9. The average Bonchev–Trinajstić information content (AvgIpc) is 3.72. The second-order valence-electron chi connectivity index (χ2n) is 10.1. The predicted octanol–water partition coefficient (Wildman–Crippen LogP) is 5.34. The van der Waals surface area contributed by atoms with Gasteiger partial charge in [-0.15, -0.1) is 0 Å². The molecular formula is C32H32O9. The number of phenols is 2. The van der Waals surface area contributed by atoms with E-state index in [2.05, 4.69) is 0 Å². The van der Waals surface area contributed by atoms with E-state index < -0.39 is 12.2 Å². The minimum absolute atomic E-state index is 0.0614. The summed E-state index contributed by atoms with van der Waals surface area (Å²) in [5, 5.41) is 53.3. The third-order valence-corrected chi connectivity index (χ3v) is 6.94. The van der Waals surface area contributed by atoms with E-state index >= 15 is 0 Å². The van der Waals surface area contributed by atoms with Gasteiger partial charge < -0.3 is 43.5 Å². The molecule has 0 aliphatic carbocycles. The lowest BCUT2D eigenvalue weighted by Crippen LogP contribution is -2.03. The van der Waals surface area contributed by atoms with Crippen molar-refractivity contribution in [2.24, 2.45) is 0 Å². The lowest BCUT2D eigenvalue weighted by atomic mass is 9.97. The van der Waals surface area contributed by atoms with Crippen molar-refractivity contribution in [1.82, 2.24) is 0 Å². The summed E-state index contributed by atoms with van der Waals surface area (Å²) in [5.74, 6) is 2.00. The van der Waals surface area contributed by atoms with Crippen LogP contribution in [0.3, 0.4) is 0 Å². The first kappa shape index (κ1) is 28.1. The van der Waals surface area contributed by atoms with Gasteiger partial charge in [-0.1, -0.05) is 23.3 Å². The highest BCUT2D eigenvalue weighted by atomic mass is 16.6. The number of hydrogen-bond donors (Lipinski definition) is 5. The summed E-state index contributed by atoms with van der Waals surface area (Å²) in [6.07, 6.45) is -1.98. The van der Waals surface area contributed by atoms with Crippen LogP contribution in [-0.2, 0) is 19.4 Å². The number of aliphatic hydroxyl groups is 3. The van der Waals surface area contributed by atoms with Gasteiger partial charge in [0.25, 0.3) is 5.95 Å². The summed E-state index contributed by atoms with van der Waals surface area (Å²) in [7, 11) is 1.51. The van der Waals surface area contributed by atoms with Crippen LogP contribution in [0.4, 0.5) is 0 Å². The fourth-order valence-corrected chi connectivity index (χ4v) is 4.96.